The van der Waals surface area contributed by atoms with Gasteiger partial charge in [-0.25, -0.2) is 4.39 Å². The van der Waals surface area contributed by atoms with Crippen molar-refractivity contribution >= 4 is 23.9 Å². The Labute approximate surface area is 169 Å². The lowest BCUT2D eigenvalue weighted by Gasteiger charge is -2.39. The fourth-order valence-electron chi connectivity index (χ4n) is 4.87. The third-order valence-corrected chi connectivity index (χ3v) is 6.40. The van der Waals surface area contributed by atoms with Gasteiger partial charge in [0.25, 0.3) is 6.47 Å². The zero-order valence-corrected chi connectivity index (χ0v) is 16.8. The summed E-state index contributed by atoms with van der Waals surface area (Å²) in [7, 11) is 0. The number of hydrogen-bond acceptors (Lipinski definition) is 7. The first-order valence-corrected chi connectivity index (χ1v) is 10.2. The van der Waals surface area contributed by atoms with Crippen LogP contribution in [0.15, 0.2) is 6.07 Å². The Hall–Kier alpha value is -1.67. The van der Waals surface area contributed by atoms with Crippen molar-refractivity contribution in [3.63, 3.8) is 0 Å². The molecule has 0 spiro atoms. The second-order valence-corrected chi connectivity index (χ2v) is 8.77. The fourth-order valence-corrected chi connectivity index (χ4v) is 5.04. The number of hydrogen-bond donors (Lipinski definition) is 0. The van der Waals surface area contributed by atoms with Crippen LogP contribution in [-0.2, 0) is 9.53 Å². The molecule has 4 heterocycles. The lowest BCUT2D eigenvalue weighted by molar-refractivity contribution is -0.142. The Balaban J connectivity index is 1.48. The third-order valence-electron chi connectivity index (χ3n) is 6.21. The van der Waals surface area contributed by atoms with Crippen molar-refractivity contribution in [2.24, 2.45) is 0 Å². The van der Waals surface area contributed by atoms with Gasteiger partial charge in [0.2, 0.25) is 0 Å². The molecule has 1 aromatic heterocycles. The quantitative estimate of drug-likeness (QED) is 0.525. The predicted octanol–water partition coefficient (Wildman–Crippen LogP) is 2.62. The summed E-state index contributed by atoms with van der Waals surface area (Å²) in [5.74, 6) is 0.644. The second-order valence-electron chi connectivity index (χ2n) is 8.38. The largest absolute Gasteiger partial charge is 0.461 e. The van der Waals surface area contributed by atoms with Crippen LogP contribution in [-0.4, -0.2) is 71.4 Å². The lowest BCUT2D eigenvalue weighted by Crippen LogP contribution is -2.48. The maximum Gasteiger partial charge on any atom is 0.319 e. The highest BCUT2D eigenvalue weighted by molar-refractivity contribution is 6.29. The Morgan fingerprint density at radius 2 is 2.18 bits per heavy atom. The van der Waals surface area contributed by atoms with E-state index in [4.69, 9.17) is 21.1 Å². The molecule has 28 heavy (non-hydrogen) atoms. The highest BCUT2D eigenvalue weighted by atomic mass is 35.5. The number of piperidine rings is 1. The lowest BCUT2D eigenvalue weighted by atomic mass is 9.95. The van der Waals surface area contributed by atoms with Crippen LogP contribution < -0.4 is 9.64 Å². The first kappa shape index (κ1) is 19.6. The number of aromatic nitrogens is 2. The van der Waals surface area contributed by atoms with Gasteiger partial charge in [-0.1, -0.05) is 11.6 Å². The third kappa shape index (κ3) is 3.89. The summed E-state index contributed by atoms with van der Waals surface area (Å²) in [5.41, 5.74) is -0.811. The molecule has 3 atom stereocenters. The average molecular weight is 413 g/mol. The summed E-state index contributed by atoms with van der Waals surface area (Å²) in [6, 6.07) is 1.89. The number of carbonyl (C=O) groups is 1. The first-order chi connectivity index (χ1) is 13.4. The van der Waals surface area contributed by atoms with Crippen LogP contribution in [0.5, 0.6) is 6.01 Å². The topological polar surface area (TPSA) is 67.8 Å². The van der Waals surface area contributed by atoms with Gasteiger partial charge in [0.05, 0.1) is 12.1 Å². The van der Waals surface area contributed by atoms with Gasteiger partial charge >= 0.3 is 6.01 Å². The van der Waals surface area contributed by atoms with Gasteiger partial charge in [-0.05, 0) is 39.2 Å². The smallest absolute Gasteiger partial charge is 0.319 e. The number of ether oxygens (including phenoxy) is 2. The number of fused-ring (bicyclic) bond motifs is 1. The predicted molar refractivity (Wildman–Crippen MR) is 103 cm³/mol. The van der Waals surface area contributed by atoms with Crippen LogP contribution in [0.1, 0.15) is 39.0 Å². The zero-order chi connectivity index (χ0) is 19.8. The molecule has 0 aromatic carbocycles. The Morgan fingerprint density at radius 3 is 3.00 bits per heavy atom. The van der Waals surface area contributed by atoms with Crippen LogP contribution in [0.2, 0.25) is 5.15 Å². The van der Waals surface area contributed by atoms with E-state index in [1.807, 2.05) is 11.8 Å². The van der Waals surface area contributed by atoms with Gasteiger partial charge in [0.15, 0.2) is 0 Å². The molecule has 9 heteroatoms. The minimum Gasteiger partial charge on any atom is -0.461 e. The standard InChI is InChI=1S/C19H26ClFN4O3/c1-18(28-13-26)4-2-6-24(11-18)16-8-15(20)22-17(23-16)27-12-19-5-3-7-25(19)10-14(21)9-19/h8,13-14H,2-7,9-12H2,1H3/t14-,18-,19+/m1/s1. The van der Waals surface area contributed by atoms with Gasteiger partial charge < -0.3 is 14.4 Å². The summed E-state index contributed by atoms with van der Waals surface area (Å²) < 4.78 is 25.1. The number of rotatable bonds is 6. The molecule has 1 aromatic rings. The number of halogens is 2. The average Bonchev–Trinajstić information content (AvgIpc) is 3.15. The highest BCUT2D eigenvalue weighted by Crippen LogP contribution is 2.40. The van der Waals surface area contributed by atoms with E-state index >= 15 is 0 Å². The molecule has 4 rings (SSSR count). The number of carbonyl (C=O) groups excluding carboxylic acids is 1. The number of anilines is 1. The monoisotopic (exact) mass is 412 g/mol. The summed E-state index contributed by atoms with van der Waals surface area (Å²) in [5, 5.41) is 0.291. The summed E-state index contributed by atoms with van der Waals surface area (Å²) in [6.07, 6.45) is 3.34. The van der Waals surface area contributed by atoms with E-state index in [2.05, 4.69) is 14.9 Å². The van der Waals surface area contributed by atoms with Crippen molar-refractivity contribution in [2.45, 2.75) is 56.3 Å². The van der Waals surface area contributed by atoms with Crippen molar-refractivity contribution in [1.82, 2.24) is 14.9 Å². The Morgan fingerprint density at radius 1 is 1.36 bits per heavy atom. The molecule has 3 aliphatic rings. The van der Waals surface area contributed by atoms with E-state index in [0.29, 0.717) is 43.6 Å². The van der Waals surface area contributed by atoms with E-state index in [1.54, 1.807) is 6.07 Å². The van der Waals surface area contributed by atoms with Crippen molar-refractivity contribution in [2.75, 3.05) is 37.7 Å². The van der Waals surface area contributed by atoms with Gasteiger partial charge in [-0.3, -0.25) is 9.69 Å². The number of alkyl halides is 1. The summed E-state index contributed by atoms with van der Waals surface area (Å²) in [6.45, 7) is 5.47. The molecule has 0 saturated carbocycles. The van der Waals surface area contributed by atoms with Crippen molar-refractivity contribution in [3.8, 4) is 6.01 Å². The van der Waals surface area contributed by atoms with Crippen LogP contribution in [0.25, 0.3) is 0 Å². The van der Waals surface area contributed by atoms with E-state index in [0.717, 1.165) is 38.8 Å². The molecule has 0 amide bonds. The first-order valence-electron chi connectivity index (χ1n) is 9.84. The van der Waals surface area contributed by atoms with E-state index in [1.165, 1.54) is 0 Å². The van der Waals surface area contributed by atoms with Crippen LogP contribution in [0, 0.1) is 0 Å². The molecule has 0 bridgehead atoms. The molecule has 7 nitrogen and oxygen atoms in total. The molecule has 0 unspecified atom stereocenters. The van der Waals surface area contributed by atoms with Gasteiger partial charge in [0.1, 0.15) is 29.4 Å². The van der Waals surface area contributed by atoms with Crippen molar-refractivity contribution in [3.05, 3.63) is 11.2 Å². The molecule has 3 fully saturated rings. The van der Waals surface area contributed by atoms with Crippen LogP contribution in [0.3, 0.4) is 0 Å². The zero-order valence-electron chi connectivity index (χ0n) is 16.1. The maximum absolute atomic E-state index is 13.9. The van der Waals surface area contributed by atoms with E-state index in [9.17, 15) is 9.18 Å². The molecule has 154 valence electrons. The van der Waals surface area contributed by atoms with Crippen LogP contribution in [0.4, 0.5) is 10.2 Å². The molecule has 0 N–H and O–H groups in total. The van der Waals surface area contributed by atoms with Crippen LogP contribution >= 0.6 is 11.6 Å². The SMILES string of the molecule is C[C@@]1(OC=O)CCCN(c2cc(Cl)nc(OC[C@@]34CCCN3C[C@H](F)C4)n2)C1. The summed E-state index contributed by atoms with van der Waals surface area (Å²) >= 11 is 6.21. The Kier molecular flexibility index (Phi) is 5.35. The minimum atomic E-state index is -0.802. The normalized spacial score (nSPS) is 33.0. The minimum absolute atomic E-state index is 0.203. The molecular weight excluding hydrogens is 387 g/mol. The van der Waals surface area contributed by atoms with Gasteiger partial charge in [-0.15, -0.1) is 0 Å². The fraction of sp³-hybridized carbons (Fsp3) is 0.737. The number of nitrogens with zero attached hydrogens (tertiary/aromatic N) is 4. The molecule has 3 aliphatic heterocycles. The second kappa shape index (κ2) is 7.63. The van der Waals surface area contributed by atoms with Gasteiger partial charge in [0, 0.05) is 25.6 Å². The highest BCUT2D eigenvalue weighted by Gasteiger charge is 2.49. The molecule has 3 saturated heterocycles. The maximum atomic E-state index is 13.9. The summed E-state index contributed by atoms with van der Waals surface area (Å²) in [4.78, 5) is 23.8. The van der Waals surface area contributed by atoms with Crippen molar-refractivity contribution < 1.29 is 18.7 Å². The van der Waals surface area contributed by atoms with Crippen molar-refractivity contribution in [1.29, 1.82) is 0 Å². The Bertz CT molecular complexity index is 741. The van der Waals surface area contributed by atoms with Gasteiger partial charge in [-0.2, -0.15) is 9.97 Å². The van der Waals surface area contributed by atoms with E-state index in [-0.39, 0.29) is 11.5 Å². The van der Waals surface area contributed by atoms with E-state index < -0.39 is 11.8 Å². The molecule has 0 aliphatic carbocycles. The molecule has 0 radical (unpaired) electrons. The molecular formula is C19H26ClFN4O3.